The molecule has 0 bridgehead atoms. The summed E-state index contributed by atoms with van der Waals surface area (Å²) in [6.07, 6.45) is 1.58. The molecule has 6 nitrogen and oxygen atoms in total. The molecule has 0 aliphatic carbocycles. The second-order valence-corrected chi connectivity index (χ2v) is 3.75. The van der Waals surface area contributed by atoms with Crippen LogP contribution in [0.5, 0.6) is 0 Å². The number of hydrogen-bond donors (Lipinski definition) is 2. The Hall–Kier alpha value is -1.37. The van der Waals surface area contributed by atoms with Gasteiger partial charge in [-0.3, -0.25) is 14.8 Å². The summed E-state index contributed by atoms with van der Waals surface area (Å²) >= 11 is 3.26. The summed E-state index contributed by atoms with van der Waals surface area (Å²) in [7, 11) is 1.71. The van der Waals surface area contributed by atoms with Crippen LogP contribution in [0.3, 0.4) is 0 Å². The molecule has 2 heterocycles. The third-order valence-electron chi connectivity index (χ3n) is 1.99. The molecule has 0 spiro atoms. The van der Waals surface area contributed by atoms with Gasteiger partial charge in [0.1, 0.15) is 0 Å². The van der Waals surface area contributed by atoms with E-state index in [0.29, 0.717) is 10.2 Å². The van der Waals surface area contributed by atoms with Crippen LogP contribution in [0.1, 0.15) is 11.7 Å². The maximum absolute atomic E-state index is 11.3. The number of aromatic nitrogens is 2. The van der Waals surface area contributed by atoms with Crippen LogP contribution in [0.25, 0.3) is 0 Å². The van der Waals surface area contributed by atoms with Crippen molar-refractivity contribution in [3.63, 3.8) is 0 Å². The fourth-order valence-corrected chi connectivity index (χ4v) is 1.93. The lowest BCUT2D eigenvalue weighted by atomic mass is 10.2. The Balaban J connectivity index is 2.40. The Morgan fingerprint density at radius 3 is 2.71 bits per heavy atom. The van der Waals surface area contributed by atoms with Crippen LogP contribution in [0.2, 0.25) is 0 Å². The second-order valence-electron chi connectivity index (χ2n) is 2.90. The largest absolute Gasteiger partial charge is 0.322 e. The highest BCUT2D eigenvalue weighted by Crippen LogP contribution is 2.24. The smallest absolute Gasteiger partial charge is 0.321 e. The molecule has 1 unspecified atom stereocenters. The van der Waals surface area contributed by atoms with Crippen LogP contribution >= 0.6 is 15.9 Å². The minimum atomic E-state index is -0.663. The molecule has 1 aliphatic heterocycles. The first kappa shape index (κ1) is 9.20. The fraction of sp³-hybridized carbons (Fsp3) is 0.286. The Kier molecular flexibility index (Phi) is 2.03. The second kappa shape index (κ2) is 3.09. The molecular weight excluding hydrogens is 252 g/mol. The summed E-state index contributed by atoms with van der Waals surface area (Å²) in [4.78, 5) is 22.2. The number of nitrogens with zero attached hydrogens (tertiary/aromatic N) is 2. The molecule has 14 heavy (non-hydrogen) atoms. The van der Waals surface area contributed by atoms with Crippen molar-refractivity contribution in [3.8, 4) is 0 Å². The average molecular weight is 259 g/mol. The van der Waals surface area contributed by atoms with Crippen molar-refractivity contribution >= 4 is 27.9 Å². The Bertz CT molecular complexity index is 394. The molecule has 74 valence electrons. The minimum absolute atomic E-state index is 0.362. The van der Waals surface area contributed by atoms with Crippen LogP contribution in [0.4, 0.5) is 4.79 Å². The third kappa shape index (κ3) is 1.29. The van der Waals surface area contributed by atoms with E-state index in [1.54, 1.807) is 17.9 Å². The van der Waals surface area contributed by atoms with Crippen LogP contribution in [0.15, 0.2) is 10.7 Å². The SMILES string of the molecule is Cn1ncc(Br)c1C1NC(=O)NC1=O. The molecule has 1 saturated heterocycles. The van der Waals surface area contributed by atoms with Crippen molar-refractivity contribution in [2.75, 3.05) is 0 Å². The molecule has 1 atom stereocenters. The molecule has 1 aromatic rings. The predicted octanol–water partition coefficient (Wildman–Crippen LogP) is 0.0631. The lowest BCUT2D eigenvalue weighted by molar-refractivity contribution is -0.120. The van der Waals surface area contributed by atoms with Crippen molar-refractivity contribution in [2.24, 2.45) is 7.05 Å². The normalized spacial score (nSPS) is 20.9. The number of imide groups is 1. The van der Waals surface area contributed by atoms with E-state index in [2.05, 4.69) is 31.7 Å². The molecule has 1 fully saturated rings. The number of carbonyl (C=O) groups excluding carboxylic acids is 2. The topological polar surface area (TPSA) is 76.0 Å². The van der Waals surface area contributed by atoms with Gasteiger partial charge in [0.2, 0.25) is 0 Å². The summed E-state index contributed by atoms with van der Waals surface area (Å²) in [5, 5.41) is 8.61. The highest BCUT2D eigenvalue weighted by Gasteiger charge is 2.34. The van der Waals surface area contributed by atoms with E-state index >= 15 is 0 Å². The number of hydrogen-bond acceptors (Lipinski definition) is 3. The highest BCUT2D eigenvalue weighted by molar-refractivity contribution is 9.10. The van der Waals surface area contributed by atoms with Crippen molar-refractivity contribution in [1.82, 2.24) is 20.4 Å². The van der Waals surface area contributed by atoms with Gasteiger partial charge in [0.05, 0.1) is 16.4 Å². The summed E-state index contributed by atoms with van der Waals surface area (Å²) in [5.74, 6) is -0.362. The Morgan fingerprint density at radius 2 is 2.29 bits per heavy atom. The van der Waals surface area contributed by atoms with Crippen LogP contribution in [-0.4, -0.2) is 21.7 Å². The Morgan fingerprint density at radius 1 is 1.57 bits per heavy atom. The molecule has 3 amide bonds. The molecule has 2 rings (SSSR count). The zero-order valence-corrected chi connectivity index (χ0v) is 8.83. The van der Waals surface area contributed by atoms with Gasteiger partial charge in [-0.05, 0) is 15.9 Å². The molecule has 1 aromatic heterocycles. The first-order valence-corrected chi connectivity index (χ1v) is 4.67. The van der Waals surface area contributed by atoms with Crippen molar-refractivity contribution < 1.29 is 9.59 Å². The lowest BCUT2D eigenvalue weighted by Crippen LogP contribution is -2.23. The van der Waals surface area contributed by atoms with E-state index in [1.807, 2.05) is 0 Å². The maximum atomic E-state index is 11.3. The van der Waals surface area contributed by atoms with Gasteiger partial charge in [0.15, 0.2) is 6.04 Å². The number of aryl methyl sites for hydroxylation is 1. The van der Waals surface area contributed by atoms with E-state index in [0.717, 1.165) is 0 Å². The number of carbonyl (C=O) groups is 2. The first-order valence-electron chi connectivity index (χ1n) is 3.88. The van der Waals surface area contributed by atoms with Crippen molar-refractivity contribution in [2.45, 2.75) is 6.04 Å². The number of nitrogens with one attached hydrogen (secondary N) is 2. The van der Waals surface area contributed by atoms with Crippen LogP contribution < -0.4 is 10.6 Å². The fourth-order valence-electron chi connectivity index (χ4n) is 1.35. The lowest BCUT2D eigenvalue weighted by Gasteiger charge is -2.07. The van der Waals surface area contributed by atoms with Gasteiger partial charge in [-0.2, -0.15) is 5.10 Å². The van der Waals surface area contributed by atoms with E-state index in [-0.39, 0.29) is 5.91 Å². The van der Waals surface area contributed by atoms with Gasteiger partial charge in [-0.1, -0.05) is 0 Å². The Labute approximate surface area is 87.8 Å². The molecule has 0 saturated carbocycles. The van der Waals surface area contributed by atoms with Crippen molar-refractivity contribution in [1.29, 1.82) is 0 Å². The summed E-state index contributed by atoms with van der Waals surface area (Å²) in [5.41, 5.74) is 0.633. The van der Waals surface area contributed by atoms with Gasteiger partial charge in [0.25, 0.3) is 5.91 Å². The molecular formula is C7H7BrN4O2. The van der Waals surface area contributed by atoms with Gasteiger partial charge in [-0.25, -0.2) is 4.79 Å². The third-order valence-corrected chi connectivity index (χ3v) is 2.60. The van der Waals surface area contributed by atoms with Crippen LogP contribution in [-0.2, 0) is 11.8 Å². The van der Waals surface area contributed by atoms with Gasteiger partial charge in [0, 0.05) is 7.05 Å². The monoisotopic (exact) mass is 258 g/mol. The number of halogens is 1. The summed E-state index contributed by atoms with van der Waals surface area (Å²) < 4.78 is 2.24. The van der Waals surface area contributed by atoms with E-state index in [9.17, 15) is 9.59 Å². The quantitative estimate of drug-likeness (QED) is 0.700. The van der Waals surface area contributed by atoms with Gasteiger partial charge in [-0.15, -0.1) is 0 Å². The molecule has 2 N–H and O–H groups in total. The number of amides is 3. The highest BCUT2D eigenvalue weighted by atomic mass is 79.9. The minimum Gasteiger partial charge on any atom is -0.321 e. The standard InChI is InChI=1S/C7H7BrN4O2/c1-12-5(3(8)2-9-12)4-6(13)11-7(14)10-4/h2,4H,1H3,(H2,10,11,13,14). The maximum Gasteiger partial charge on any atom is 0.322 e. The number of rotatable bonds is 1. The van der Waals surface area contributed by atoms with E-state index < -0.39 is 12.1 Å². The van der Waals surface area contributed by atoms with Crippen molar-refractivity contribution in [3.05, 3.63) is 16.4 Å². The average Bonchev–Trinajstić information content (AvgIpc) is 2.57. The molecule has 7 heteroatoms. The van der Waals surface area contributed by atoms with Gasteiger partial charge >= 0.3 is 6.03 Å². The van der Waals surface area contributed by atoms with E-state index in [4.69, 9.17) is 0 Å². The zero-order valence-electron chi connectivity index (χ0n) is 7.24. The number of urea groups is 1. The van der Waals surface area contributed by atoms with Gasteiger partial charge < -0.3 is 5.32 Å². The molecule has 0 radical (unpaired) electrons. The molecule has 0 aromatic carbocycles. The summed E-state index contributed by atoms with van der Waals surface area (Å²) in [6, 6.07) is -1.14. The van der Waals surface area contributed by atoms with Crippen LogP contribution in [0, 0.1) is 0 Å². The predicted molar refractivity (Wildman–Crippen MR) is 50.3 cm³/mol. The zero-order chi connectivity index (χ0) is 10.3. The molecule has 1 aliphatic rings. The van der Waals surface area contributed by atoms with E-state index in [1.165, 1.54) is 0 Å². The first-order chi connectivity index (χ1) is 6.59. The summed E-state index contributed by atoms with van der Waals surface area (Å²) in [6.45, 7) is 0.